The van der Waals surface area contributed by atoms with E-state index in [1.807, 2.05) is 36.0 Å². The summed E-state index contributed by atoms with van der Waals surface area (Å²) in [6.45, 7) is 3.77. The highest BCUT2D eigenvalue weighted by Crippen LogP contribution is 2.30. The van der Waals surface area contributed by atoms with Gasteiger partial charge in [0.05, 0.1) is 6.54 Å². The highest BCUT2D eigenvalue weighted by Gasteiger charge is 2.36. The molecule has 0 fully saturated rings. The maximum Gasteiger partial charge on any atom is 0.435 e. The topological polar surface area (TPSA) is 59.2 Å². The second-order valence-electron chi connectivity index (χ2n) is 5.22. The van der Waals surface area contributed by atoms with Crippen LogP contribution < -0.4 is 10.6 Å². The molecule has 0 saturated carbocycles. The van der Waals surface area contributed by atoms with Gasteiger partial charge in [0.25, 0.3) is 0 Å². The Balaban J connectivity index is 0.00000312. The minimum atomic E-state index is -4.48. The Morgan fingerprint density at radius 3 is 2.52 bits per heavy atom. The molecule has 0 radical (unpaired) electrons. The lowest BCUT2D eigenvalue weighted by Crippen LogP contribution is -2.38. The van der Waals surface area contributed by atoms with Crippen molar-refractivity contribution in [3.05, 3.63) is 42.0 Å². The van der Waals surface area contributed by atoms with Gasteiger partial charge in [-0.2, -0.15) is 18.3 Å². The first kappa shape index (κ1) is 21.3. The second kappa shape index (κ2) is 9.68. The van der Waals surface area contributed by atoms with Crippen LogP contribution in [0.1, 0.15) is 18.2 Å². The van der Waals surface area contributed by atoms with Crippen molar-refractivity contribution in [2.24, 2.45) is 12.0 Å². The molecule has 0 aromatic carbocycles. The average molecular weight is 470 g/mol. The van der Waals surface area contributed by atoms with Gasteiger partial charge < -0.3 is 15.2 Å². The zero-order chi connectivity index (χ0) is 17.6. The number of aliphatic imine (C=N–C) groups is 1. The third-order valence-corrected chi connectivity index (χ3v) is 3.25. The van der Waals surface area contributed by atoms with Gasteiger partial charge in [0.1, 0.15) is 0 Å². The predicted molar refractivity (Wildman–Crippen MR) is 101 cm³/mol. The summed E-state index contributed by atoms with van der Waals surface area (Å²) in [4.78, 5) is 4.22. The lowest BCUT2D eigenvalue weighted by Gasteiger charge is -2.12. The average Bonchev–Trinajstić information content (AvgIpc) is 3.13. The Bertz CT molecular complexity index is 663. The maximum atomic E-state index is 12.9. The summed E-state index contributed by atoms with van der Waals surface area (Å²) in [7, 11) is 1.46. The van der Waals surface area contributed by atoms with E-state index in [4.69, 9.17) is 0 Å². The number of aromatic nitrogens is 3. The number of aryl methyl sites for hydroxylation is 1. The normalized spacial score (nSPS) is 12.0. The Morgan fingerprint density at radius 2 is 1.92 bits per heavy atom. The molecule has 0 aliphatic rings. The van der Waals surface area contributed by atoms with Gasteiger partial charge in [-0.25, -0.2) is 4.99 Å². The number of hydrogen-bond acceptors (Lipinski definition) is 2. The summed E-state index contributed by atoms with van der Waals surface area (Å²) in [6, 6.07) is 3.86. The van der Waals surface area contributed by atoms with Crippen LogP contribution >= 0.6 is 24.0 Å². The minimum Gasteiger partial charge on any atom is -0.357 e. The molecule has 6 nitrogen and oxygen atoms in total. The summed E-state index contributed by atoms with van der Waals surface area (Å²) in [6.07, 6.45) is 0.746. The minimum absolute atomic E-state index is 0. The van der Waals surface area contributed by atoms with Gasteiger partial charge in [-0.3, -0.25) is 4.68 Å². The fourth-order valence-corrected chi connectivity index (χ4v) is 2.22. The third kappa shape index (κ3) is 6.59. The Hall–Kier alpha value is -1.72. The van der Waals surface area contributed by atoms with Crippen molar-refractivity contribution >= 4 is 29.9 Å². The van der Waals surface area contributed by atoms with Crippen molar-refractivity contribution in [3.8, 4) is 0 Å². The first-order chi connectivity index (χ1) is 11.4. The van der Waals surface area contributed by atoms with Gasteiger partial charge in [0.15, 0.2) is 11.7 Å². The molecule has 140 valence electrons. The first-order valence-corrected chi connectivity index (χ1v) is 7.62. The van der Waals surface area contributed by atoms with Gasteiger partial charge in [0, 0.05) is 50.8 Å². The van der Waals surface area contributed by atoms with Crippen molar-refractivity contribution in [1.82, 2.24) is 25.0 Å². The van der Waals surface area contributed by atoms with Crippen LogP contribution in [0.5, 0.6) is 0 Å². The van der Waals surface area contributed by atoms with Crippen LogP contribution in [0.3, 0.4) is 0 Å². The van der Waals surface area contributed by atoms with Gasteiger partial charge in [0.2, 0.25) is 0 Å². The first-order valence-electron chi connectivity index (χ1n) is 7.62. The van der Waals surface area contributed by atoms with Gasteiger partial charge in [-0.1, -0.05) is 0 Å². The fourth-order valence-electron chi connectivity index (χ4n) is 2.22. The molecule has 2 rings (SSSR count). The van der Waals surface area contributed by atoms with Crippen molar-refractivity contribution < 1.29 is 13.2 Å². The summed E-state index contributed by atoms with van der Waals surface area (Å²) < 4.78 is 42.0. The number of hydrogen-bond donors (Lipinski definition) is 2. The molecule has 10 heteroatoms. The lowest BCUT2D eigenvalue weighted by atomic mass is 10.2. The molecule has 2 N–H and O–H groups in total. The van der Waals surface area contributed by atoms with Crippen LogP contribution in [0.25, 0.3) is 0 Å². The van der Waals surface area contributed by atoms with Gasteiger partial charge in [-0.05, 0) is 19.1 Å². The van der Waals surface area contributed by atoms with E-state index in [1.165, 1.54) is 13.2 Å². The van der Waals surface area contributed by atoms with Crippen molar-refractivity contribution in [3.63, 3.8) is 0 Å². The number of guanidine groups is 1. The highest BCUT2D eigenvalue weighted by atomic mass is 127. The number of rotatable bonds is 6. The van der Waals surface area contributed by atoms with E-state index >= 15 is 0 Å². The summed E-state index contributed by atoms with van der Waals surface area (Å²) >= 11 is 0. The largest absolute Gasteiger partial charge is 0.435 e. The zero-order valence-electron chi connectivity index (χ0n) is 14.0. The van der Waals surface area contributed by atoms with Crippen molar-refractivity contribution in [2.45, 2.75) is 26.2 Å². The van der Waals surface area contributed by atoms with Gasteiger partial charge in [-0.15, -0.1) is 24.0 Å². The molecule has 0 unspecified atom stereocenters. The second-order valence-corrected chi connectivity index (χ2v) is 5.22. The van der Waals surface area contributed by atoms with Crippen LogP contribution in [0, 0.1) is 0 Å². The van der Waals surface area contributed by atoms with E-state index in [0.717, 1.165) is 11.2 Å². The maximum absolute atomic E-state index is 12.9. The van der Waals surface area contributed by atoms with E-state index in [0.29, 0.717) is 19.0 Å². The lowest BCUT2D eigenvalue weighted by molar-refractivity contribution is -0.142. The molecule has 2 aromatic heterocycles. The van der Waals surface area contributed by atoms with Crippen LogP contribution in [-0.2, 0) is 26.3 Å². The third-order valence-electron chi connectivity index (χ3n) is 3.25. The fraction of sp³-hybridized carbons (Fsp3) is 0.467. The van der Waals surface area contributed by atoms with Crippen LogP contribution in [0.2, 0.25) is 0 Å². The Kier molecular flexibility index (Phi) is 8.26. The standard InChI is InChI=1S/C15H21F3N6.HI/c1-3-19-14(20-6-9-24-7-4-5-8-24)21-10-12-11-23(2)22-13(12)15(16,17)18;/h4-5,7-8,11H,3,6,9-10H2,1-2H3,(H2,19,20,21);1H. The van der Waals surface area contributed by atoms with Crippen molar-refractivity contribution in [2.75, 3.05) is 13.1 Å². The van der Waals surface area contributed by atoms with E-state index in [1.54, 1.807) is 0 Å². The summed E-state index contributed by atoms with van der Waals surface area (Å²) in [5.41, 5.74) is -0.843. The van der Waals surface area contributed by atoms with Crippen LogP contribution in [-0.4, -0.2) is 33.4 Å². The van der Waals surface area contributed by atoms with E-state index in [9.17, 15) is 13.2 Å². The van der Waals surface area contributed by atoms with E-state index in [-0.39, 0.29) is 36.1 Å². The molecule has 0 saturated heterocycles. The number of nitrogens with one attached hydrogen (secondary N) is 2. The molecule has 25 heavy (non-hydrogen) atoms. The summed E-state index contributed by atoms with van der Waals surface area (Å²) in [5.74, 6) is 0.474. The highest BCUT2D eigenvalue weighted by molar-refractivity contribution is 14.0. The SMILES string of the molecule is CCNC(=NCc1cn(C)nc1C(F)(F)F)NCCn1cccc1.I. The molecular formula is C15H22F3IN6. The quantitative estimate of drug-likeness (QED) is 0.388. The molecule has 2 heterocycles. The Labute approximate surface area is 161 Å². The molecule has 0 aliphatic heterocycles. The molecule has 2 aromatic rings. The number of nitrogens with zero attached hydrogens (tertiary/aromatic N) is 4. The smallest absolute Gasteiger partial charge is 0.357 e. The molecule has 0 bridgehead atoms. The summed E-state index contributed by atoms with van der Waals surface area (Å²) in [5, 5.41) is 9.60. The van der Waals surface area contributed by atoms with E-state index in [2.05, 4.69) is 20.7 Å². The van der Waals surface area contributed by atoms with Crippen LogP contribution in [0.4, 0.5) is 13.2 Å². The van der Waals surface area contributed by atoms with Gasteiger partial charge >= 0.3 is 6.18 Å². The molecule has 0 amide bonds. The zero-order valence-corrected chi connectivity index (χ0v) is 16.4. The monoisotopic (exact) mass is 470 g/mol. The predicted octanol–water partition coefficient (Wildman–Crippen LogP) is 2.61. The van der Waals surface area contributed by atoms with E-state index < -0.39 is 11.9 Å². The van der Waals surface area contributed by atoms with Crippen molar-refractivity contribution in [1.29, 1.82) is 0 Å². The number of halogens is 4. The molecular weight excluding hydrogens is 448 g/mol. The Morgan fingerprint density at radius 1 is 1.24 bits per heavy atom. The molecule has 0 aliphatic carbocycles. The van der Waals surface area contributed by atoms with Crippen LogP contribution in [0.15, 0.2) is 35.7 Å². The molecule has 0 atom stereocenters. The number of alkyl halides is 3. The molecule has 0 spiro atoms.